The van der Waals surface area contributed by atoms with Gasteiger partial charge in [0.05, 0.1) is 0 Å². The first kappa shape index (κ1) is 16.4. The molecule has 1 aromatic rings. The van der Waals surface area contributed by atoms with Crippen LogP contribution in [-0.4, -0.2) is 55.1 Å². The Morgan fingerprint density at radius 1 is 1.33 bits per heavy atom. The molecule has 2 aliphatic heterocycles. The number of imide groups is 1. The molecule has 1 N–H and O–H groups in total. The predicted octanol–water partition coefficient (Wildman–Crippen LogP) is 1.06. The molecular formula is C17H21N3O4. The number of carbonyl (C=O) groups is 3. The van der Waals surface area contributed by atoms with E-state index in [2.05, 4.69) is 5.32 Å². The van der Waals surface area contributed by atoms with Gasteiger partial charge >= 0.3 is 6.03 Å². The summed E-state index contributed by atoms with van der Waals surface area (Å²) in [5.74, 6) is -0.644. The lowest BCUT2D eigenvalue weighted by molar-refractivity contribution is -0.136. The van der Waals surface area contributed by atoms with Crippen LogP contribution in [0.1, 0.15) is 18.4 Å². The van der Waals surface area contributed by atoms with Gasteiger partial charge in [-0.05, 0) is 24.6 Å². The Hall–Kier alpha value is -2.41. The lowest BCUT2D eigenvalue weighted by Gasteiger charge is -2.30. The first-order chi connectivity index (χ1) is 11.4. The summed E-state index contributed by atoms with van der Waals surface area (Å²) in [7, 11) is 1.64. The first-order valence-electron chi connectivity index (χ1n) is 7.98. The number of urea groups is 1. The van der Waals surface area contributed by atoms with Crippen molar-refractivity contribution in [3.8, 4) is 0 Å². The molecule has 0 saturated carbocycles. The highest BCUT2D eigenvalue weighted by molar-refractivity contribution is 6.10. The van der Waals surface area contributed by atoms with Crippen LogP contribution in [0.15, 0.2) is 24.3 Å². The second-order valence-electron chi connectivity index (χ2n) is 6.31. The Labute approximate surface area is 140 Å². The third-order valence-corrected chi connectivity index (χ3v) is 4.65. The van der Waals surface area contributed by atoms with Crippen molar-refractivity contribution in [3.05, 3.63) is 29.8 Å². The van der Waals surface area contributed by atoms with Crippen LogP contribution in [0.4, 0.5) is 10.5 Å². The van der Waals surface area contributed by atoms with Crippen molar-refractivity contribution in [2.45, 2.75) is 25.3 Å². The lowest BCUT2D eigenvalue weighted by atomic mass is 9.90. The fourth-order valence-electron chi connectivity index (χ4n) is 3.10. The molecule has 7 nitrogen and oxygen atoms in total. The number of aryl methyl sites for hydroxylation is 1. The number of benzene rings is 1. The molecule has 0 radical (unpaired) electrons. The normalized spacial score (nSPS) is 19.5. The molecule has 2 saturated heterocycles. The summed E-state index contributed by atoms with van der Waals surface area (Å²) in [4.78, 5) is 39.8. The van der Waals surface area contributed by atoms with E-state index in [4.69, 9.17) is 4.74 Å². The molecule has 0 unspecified atom stereocenters. The van der Waals surface area contributed by atoms with E-state index in [1.807, 2.05) is 31.2 Å². The van der Waals surface area contributed by atoms with Crippen molar-refractivity contribution >= 4 is 23.5 Å². The first-order valence-corrected chi connectivity index (χ1v) is 7.98. The van der Waals surface area contributed by atoms with Crippen LogP contribution in [0.25, 0.3) is 0 Å². The molecule has 0 aliphatic carbocycles. The van der Waals surface area contributed by atoms with Gasteiger partial charge in [-0.1, -0.05) is 12.1 Å². The summed E-state index contributed by atoms with van der Waals surface area (Å²) in [5, 5.41) is 2.75. The number of nitrogens with one attached hydrogen (secondary N) is 1. The number of hydrogen-bond donors (Lipinski definition) is 1. The van der Waals surface area contributed by atoms with Crippen molar-refractivity contribution < 1.29 is 19.1 Å². The number of hydrogen-bond acceptors (Lipinski definition) is 4. The second-order valence-corrected chi connectivity index (χ2v) is 6.31. The van der Waals surface area contributed by atoms with E-state index < -0.39 is 11.6 Å². The summed E-state index contributed by atoms with van der Waals surface area (Å²) < 4.78 is 5.27. The average molecular weight is 331 g/mol. The molecule has 7 heteroatoms. The fourth-order valence-corrected chi connectivity index (χ4v) is 3.10. The number of amides is 4. The zero-order chi connectivity index (χ0) is 17.3. The van der Waals surface area contributed by atoms with Gasteiger partial charge in [0.15, 0.2) is 0 Å². The maximum absolute atomic E-state index is 12.7. The van der Waals surface area contributed by atoms with Gasteiger partial charge in [0.25, 0.3) is 5.91 Å². The molecule has 1 aromatic carbocycles. The third kappa shape index (κ3) is 2.87. The van der Waals surface area contributed by atoms with Gasteiger partial charge < -0.3 is 15.0 Å². The molecule has 128 valence electrons. The van der Waals surface area contributed by atoms with Crippen molar-refractivity contribution in [2.24, 2.45) is 0 Å². The number of ether oxygens (including phenoxy) is 1. The molecule has 1 spiro atoms. The van der Waals surface area contributed by atoms with Crippen LogP contribution < -0.4 is 10.2 Å². The standard InChI is InChI=1S/C17H21N3O4/c1-12-4-3-5-13(10-12)19(2)14(21)11-20-15(22)17(18-16(20)23)6-8-24-9-7-17/h3-5,10H,6-9,11H2,1-2H3,(H,18,23). The van der Waals surface area contributed by atoms with E-state index in [0.717, 1.165) is 16.2 Å². The minimum atomic E-state index is -0.905. The van der Waals surface area contributed by atoms with Crippen LogP contribution in [0.5, 0.6) is 0 Å². The van der Waals surface area contributed by atoms with Crippen LogP contribution >= 0.6 is 0 Å². The van der Waals surface area contributed by atoms with E-state index >= 15 is 0 Å². The van der Waals surface area contributed by atoms with Crippen molar-refractivity contribution in [1.29, 1.82) is 0 Å². The third-order valence-electron chi connectivity index (χ3n) is 4.65. The van der Waals surface area contributed by atoms with Crippen molar-refractivity contribution in [1.82, 2.24) is 10.2 Å². The van der Waals surface area contributed by atoms with Crippen molar-refractivity contribution in [3.63, 3.8) is 0 Å². The number of carbonyl (C=O) groups excluding carboxylic acids is 3. The smallest absolute Gasteiger partial charge is 0.325 e. The quantitative estimate of drug-likeness (QED) is 0.840. The van der Waals surface area contributed by atoms with Gasteiger partial charge in [-0.25, -0.2) is 4.79 Å². The van der Waals surface area contributed by atoms with Crippen LogP contribution in [-0.2, 0) is 14.3 Å². The second kappa shape index (κ2) is 6.24. The zero-order valence-corrected chi connectivity index (χ0v) is 13.9. The molecule has 4 amide bonds. The molecule has 0 aromatic heterocycles. The maximum atomic E-state index is 12.7. The summed E-state index contributed by atoms with van der Waals surface area (Å²) in [6.45, 7) is 2.53. The SMILES string of the molecule is Cc1cccc(N(C)C(=O)CN2C(=O)NC3(CCOCC3)C2=O)c1. The predicted molar refractivity (Wildman–Crippen MR) is 87.6 cm³/mol. The van der Waals surface area contributed by atoms with Crippen LogP contribution in [0.2, 0.25) is 0 Å². The molecular weight excluding hydrogens is 310 g/mol. The summed E-state index contributed by atoms with van der Waals surface area (Å²) in [5.41, 5.74) is 0.855. The Kier molecular flexibility index (Phi) is 4.28. The molecule has 2 fully saturated rings. The Morgan fingerprint density at radius 3 is 2.71 bits per heavy atom. The van der Waals surface area contributed by atoms with E-state index in [1.54, 1.807) is 7.05 Å². The van der Waals surface area contributed by atoms with Gasteiger partial charge in [0, 0.05) is 38.8 Å². The van der Waals surface area contributed by atoms with Crippen LogP contribution in [0, 0.1) is 6.92 Å². The Bertz CT molecular complexity index is 682. The zero-order valence-electron chi connectivity index (χ0n) is 13.9. The van der Waals surface area contributed by atoms with E-state index in [1.165, 1.54) is 4.90 Å². The molecule has 2 heterocycles. The average Bonchev–Trinajstić information content (AvgIpc) is 2.79. The highest BCUT2D eigenvalue weighted by atomic mass is 16.5. The maximum Gasteiger partial charge on any atom is 0.325 e. The molecule has 0 bridgehead atoms. The topological polar surface area (TPSA) is 79.0 Å². The van der Waals surface area contributed by atoms with Gasteiger partial charge in [-0.15, -0.1) is 0 Å². The minimum Gasteiger partial charge on any atom is -0.381 e. The Morgan fingerprint density at radius 2 is 2.04 bits per heavy atom. The Balaban J connectivity index is 1.72. The number of anilines is 1. The van der Waals surface area contributed by atoms with Gasteiger partial charge in [0.2, 0.25) is 5.91 Å². The molecule has 24 heavy (non-hydrogen) atoms. The monoisotopic (exact) mass is 331 g/mol. The van der Waals surface area contributed by atoms with Gasteiger partial charge in [0.1, 0.15) is 12.1 Å². The highest BCUT2D eigenvalue weighted by Crippen LogP contribution is 2.28. The number of likely N-dealkylation sites (N-methyl/N-ethyl adjacent to an activating group) is 1. The molecule has 2 aliphatic rings. The van der Waals surface area contributed by atoms with Gasteiger partial charge in [-0.3, -0.25) is 14.5 Å². The molecule has 3 rings (SSSR count). The summed E-state index contributed by atoms with van der Waals surface area (Å²) >= 11 is 0. The van der Waals surface area contributed by atoms with Gasteiger partial charge in [-0.2, -0.15) is 0 Å². The van der Waals surface area contributed by atoms with E-state index in [-0.39, 0.29) is 18.4 Å². The summed E-state index contributed by atoms with van der Waals surface area (Å²) in [6, 6.07) is 6.99. The number of rotatable bonds is 3. The van der Waals surface area contributed by atoms with E-state index in [0.29, 0.717) is 26.1 Å². The van der Waals surface area contributed by atoms with Crippen molar-refractivity contribution in [2.75, 3.05) is 31.7 Å². The van der Waals surface area contributed by atoms with Crippen LogP contribution in [0.3, 0.4) is 0 Å². The minimum absolute atomic E-state index is 0.266. The molecule has 0 atom stereocenters. The largest absolute Gasteiger partial charge is 0.381 e. The number of nitrogens with zero attached hydrogens (tertiary/aromatic N) is 2. The van der Waals surface area contributed by atoms with E-state index in [9.17, 15) is 14.4 Å². The summed E-state index contributed by atoms with van der Waals surface area (Å²) in [6.07, 6.45) is 0.881. The highest BCUT2D eigenvalue weighted by Gasteiger charge is 2.52. The fraction of sp³-hybridized carbons (Fsp3) is 0.471. The lowest BCUT2D eigenvalue weighted by Crippen LogP contribution is -2.51.